The van der Waals surface area contributed by atoms with E-state index < -0.39 is 0 Å². The van der Waals surface area contributed by atoms with Gasteiger partial charge in [-0.25, -0.2) is 4.39 Å². The Bertz CT molecular complexity index is 354. The van der Waals surface area contributed by atoms with Crippen LogP contribution in [0, 0.1) is 11.2 Å². The maximum absolute atomic E-state index is 13.6. The lowest BCUT2D eigenvalue weighted by Crippen LogP contribution is -2.31. The average molecular weight is 288 g/mol. The zero-order chi connectivity index (χ0) is 12.2. The van der Waals surface area contributed by atoms with Crippen molar-refractivity contribution in [2.75, 3.05) is 13.6 Å². The Hall–Kier alpha value is -0.410. The second-order valence-corrected chi connectivity index (χ2v) is 5.52. The highest BCUT2D eigenvalue weighted by atomic mass is 79.9. The van der Waals surface area contributed by atoms with Crippen LogP contribution in [0.15, 0.2) is 22.7 Å². The third-order valence-electron chi connectivity index (χ3n) is 3.08. The average Bonchev–Trinajstić information content (AvgIpc) is 2.24. The number of rotatable bonds is 5. The zero-order valence-corrected chi connectivity index (χ0v) is 11.7. The molecule has 0 amide bonds. The van der Waals surface area contributed by atoms with Crippen molar-refractivity contribution in [2.24, 2.45) is 5.41 Å². The summed E-state index contributed by atoms with van der Waals surface area (Å²) < 4.78 is 14.6. The second kappa shape index (κ2) is 5.78. The first-order valence-electron chi connectivity index (χ1n) is 5.59. The molecule has 90 valence electrons. The van der Waals surface area contributed by atoms with Crippen LogP contribution >= 0.6 is 15.9 Å². The molecule has 1 aromatic carbocycles. The molecule has 3 heteroatoms. The lowest BCUT2D eigenvalue weighted by molar-refractivity contribution is 0.295. The molecular weight excluding hydrogens is 269 g/mol. The van der Waals surface area contributed by atoms with Crippen molar-refractivity contribution in [2.45, 2.75) is 26.7 Å². The number of benzene rings is 1. The van der Waals surface area contributed by atoms with Crippen LogP contribution in [0.3, 0.4) is 0 Å². The predicted molar refractivity (Wildman–Crippen MR) is 70.1 cm³/mol. The normalized spacial score (nSPS) is 14.8. The van der Waals surface area contributed by atoms with E-state index in [9.17, 15) is 4.39 Å². The van der Waals surface area contributed by atoms with Crippen LogP contribution in [-0.4, -0.2) is 13.6 Å². The number of hydrogen-bond donors (Lipinski definition) is 1. The van der Waals surface area contributed by atoms with Gasteiger partial charge in [0.15, 0.2) is 0 Å². The van der Waals surface area contributed by atoms with Crippen LogP contribution in [0.1, 0.15) is 25.8 Å². The highest BCUT2D eigenvalue weighted by Gasteiger charge is 2.23. The summed E-state index contributed by atoms with van der Waals surface area (Å²) in [6, 6.07) is 5.13. The fraction of sp³-hybridized carbons (Fsp3) is 0.538. The summed E-state index contributed by atoms with van der Waals surface area (Å²) in [6.07, 6.45) is 1.79. The van der Waals surface area contributed by atoms with Gasteiger partial charge >= 0.3 is 0 Å². The quantitative estimate of drug-likeness (QED) is 0.869. The van der Waals surface area contributed by atoms with Gasteiger partial charge in [0, 0.05) is 11.0 Å². The molecule has 0 aromatic heterocycles. The van der Waals surface area contributed by atoms with Gasteiger partial charge in [-0.3, -0.25) is 0 Å². The molecule has 0 radical (unpaired) electrons. The fourth-order valence-corrected chi connectivity index (χ4v) is 2.29. The first-order chi connectivity index (χ1) is 7.50. The standard InChI is InChI=1S/C13H19BrFN/c1-4-13(2,9-16-3)8-10-7-11(14)5-6-12(10)15/h5-7,16H,4,8-9H2,1-3H3. The van der Waals surface area contributed by atoms with Gasteiger partial charge in [0.2, 0.25) is 0 Å². The molecule has 0 fully saturated rings. The third-order valence-corrected chi connectivity index (χ3v) is 3.58. The summed E-state index contributed by atoms with van der Waals surface area (Å²) in [5, 5.41) is 3.18. The summed E-state index contributed by atoms with van der Waals surface area (Å²) in [7, 11) is 1.94. The second-order valence-electron chi connectivity index (χ2n) is 4.61. The molecule has 0 aliphatic heterocycles. The highest BCUT2D eigenvalue weighted by molar-refractivity contribution is 9.10. The van der Waals surface area contributed by atoms with E-state index in [0.717, 1.165) is 29.4 Å². The van der Waals surface area contributed by atoms with E-state index in [0.29, 0.717) is 0 Å². The van der Waals surface area contributed by atoms with Crippen molar-refractivity contribution >= 4 is 15.9 Å². The van der Waals surface area contributed by atoms with Crippen LogP contribution in [-0.2, 0) is 6.42 Å². The maximum atomic E-state index is 13.6. The van der Waals surface area contributed by atoms with Gasteiger partial charge in [0.25, 0.3) is 0 Å². The van der Waals surface area contributed by atoms with Crippen molar-refractivity contribution in [3.8, 4) is 0 Å². The molecule has 0 saturated heterocycles. The van der Waals surface area contributed by atoms with Crippen molar-refractivity contribution in [3.05, 3.63) is 34.1 Å². The van der Waals surface area contributed by atoms with Gasteiger partial charge in [-0.1, -0.05) is 29.8 Å². The topological polar surface area (TPSA) is 12.0 Å². The minimum Gasteiger partial charge on any atom is -0.319 e. The molecule has 1 aromatic rings. The Morgan fingerprint density at radius 1 is 1.44 bits per heavy atom. The third kappa shape index (κ3) is 3.56. The van der Waals surface area contributed by atoms with Crippen molar-refractivity contribution in [1.82, 2.24) is 5.32 Å². The molecule has 1 rings (SSSR count). The van der Waals surface area contributed by atoms with E-state index in [1.807, 2.05) is 13.1 Å². The minimum atomic E-state index is -0.112. The summed E-state index contributed by atoms with van der Waals surface area (Å²) in [4.78, 5) is 0. The molecular formula is C13H19BrFN. The van der Waals surface area contributed by atoms with E-state index in [4.69, 9.17) is 0 Å². The number of hydrogen-bond acceptors (Lipinski definition) is 1. The Kier molecular flexibility index (Phi) is 4.93. The highest BCUT2D eigenvalue weighted by Crippen LogP contribution is 2.28. The zero-order valence-electron chi connectivity index (χ0n) is 10.1. The van der Waals surface area contributed by atoms with Crippen LogP contribution in [0.2, 0.25) is 0 Å². The summed E-state index contributed by atoms with van der Waals surface area (Å²) in [5.41, 5.74) is 0.894. The van der Waals surface area contributed by atoms with Crippen LogP contribution < -0.4 is 5.32 Å². The Labute approximate surface area is 106 Å². The molecule has 1 unspecified atom stereocenters. The lowest BCUT2D eigenvalue weighted by atomic mass is 9.81. The summed E-state index contributed by atoms with van der Waals surface area (Å²) >= 11 is 3.38. The van der Waals surface area contributed by atoms with E-state index in [-0.39, 0.29) is 11.2 Å². The molecule has 16 heavy (non-hydrogen) atoms. The van der Waals surface area contributed by atoms with Gasteiger partial charge in [-0.15, -0.1) is 0 Å². The smallest absolute Gasteiger partial charge is 0.126 e. The Morgan fingerprint density at radius 2 is 2.12 bits per heavy atom. The van der Waals surface area contributed by atoms with Gasteiger partial charge in [0.05, 0.1) is 0 Å². The minimum absolute atomic E-state index is 0.108. The van der Waals surface area contributed by atoms with Gasteiger partial charge in [-0.2, -0.15) is 0 Å². The lowest BCUT2D eigenvalue weighted by Gasteiger charge is -2.28. The number of halogens is 2. The molecule has 0 bridgehead atoms. The van der Waals surface area contributed by atoms with Crippen LogP contribution in [0.5, 0.6) is 0 Å². The molecule has 1 nitrogen and oxygen atoms in total. The molecule has 0 saturated carbocycles. The molecule has 0 spiro atoms. The maximum Gasteiger partial charge on any atom is 0.126 e. The first-order valence-corrected chi connectivity index (χ1v) is 6.38. The summed E-state index contributed by atoms with van der Waals surface area (Å²) in [6.45, 7) is 5.23. The molecule has 0 heterocycles. The van der Waals surface area contributed by atoms with Crippen LogP contribution in [0.25, 0.3) is 0 Å². The largest absolute Gasteiger partial charge is 0.319 e. The Balaban J connectivity index is 2.89. The molecule has 1 N–H and O–H groups in total. The van der Waals surface area contributed by atoms with Gasteiger partial charge in [-0.05, 0) is 49.1 Å². The van der Waals surface area contributed by atoms with Crippen molar-refractivity contribution in [3.63, 3.8) is 0 Å². The fourth-order valence-electron chi connectivity index (χ4n) is 1.88. The van der Waals surface area contributed by atoms with Gasteiger partial charge in [0.1, 0.15) is 5.82 Å². The number of nitrogens with one attached hydrogen (secondary N) is 1. The van der Waals surface area contributed by atoms with E-state index in [1.54, 1.807) is 6.07 Å². The van der Waals surface area contributed by atoms with E-state index >= 15 is 0 Å². The monoisotopic (exact) mass is 287 g/mol. The molecule has 0 aliphatic rings. The van der Waals surface area contributed by atoms with E-state index in [2.05, 4.69) is 35.1 Å². The van der Waals surface area contributed by atoms with Crippen molar-refractivity contribution in [1.29, 1.82) is 0 Å². The van der Waals surface area contributed by atoms with E-state index in [1.165, 1.54) is 6.07 Å². The Morgan fingerprint density at radius 3 is 2.69 bits per heavy atom. The molecule has 1 atom stereocenters. The first kappa shape index (κ1) is 13.7. The van der Waals surface area contributed by atoms with Crippen molar-refractivity contribution < 1.29 is 4.39 Å². The molecule has 0 aliphatic carbocycles. The SMILES string of the molecule is CCC(C)(CNC)Cc1cc(Br)ccc1F. The predicted octanol–water partition coefficient (Wildman–Crippen LogP) is 3.77. The van der Waals surface area contributed by atoms with Gasteiger partial charge < -0.3 is 5.32 Å². The summed E-state index contributed by atoms with van der Waals surface area (Å²) in [5.74, 6) is -0.112. The van der Waals surface area contributed by atoms with Crippen LogP contribution in [0.4, 0.5) is 4.39 Å².